The van der Waals surface area contributed by atoms with E-state index >= 15 is 0 Å². The van der Waals surface area contributed by atoms with Crippen molar-refractivity contribution in [3.63, 3.8) is 0 Å². The summed E-state index contributed by atoms with van der Waals surface area (Å²) in [5.41, 5.74) is 1.45. The number of sulfonamides is 1. The van der Waals surface area contributed by atoms with Gasteiger partial charge < -0.3 is 29.7 Å². The van der Waals surface area contributed by atoms with Crippen LogP contribution >= 0.6 is 0 Å². The first-order chi connectivity index (χ1) is 20.2. The van der Waals surface area contributed by atoms with Gasteiger partial charge in [0.25, 0.3) is 0 Å². The lowest BCUT2D eigenvalue weighted by molar-refractivity contribution is 0.262. The number of benzene rings is 3. The second kappa shape index (κ2) is 12.2. The highest BCUT2D eigenvalue weighted by Crippen LogP contribution is 2.39. The first-order valence-electron chi connectivity index (χ1n) is 13.1. The van der Waals surface area contributed by atoms with Gasteiger partial charge in [-0.05, 0) is 35.2 Å². The van der Waals surface area contributed by atoms with Gasteiger partial charge in [-0.15, -0.1) is 4.98 Å². The predicted octanol–water partition coefficient (Wildman–Crippen LogP) is 5.21. The Hall–Kier alpha value is -4.85. The minimum Gasteiger partial charge on any atom is -0.492 e. The number of ether oxygens (including phenoxy) is 3. The van der Waals surface area contributed by atoms with Gasteiger partial charge in [-0.2, -0.15) is 9.97 Å². The summed E-state index contributed by atoms with van der Waals surface area (Å²) in [5.74, 6) is 0.990. The lowest BCUT2D eigenvalue weighted by Gasteiger charge is -2.24. The van der Waals surface area contributed by atoms with Crippen LogP contribution in [0.1, 0.15) is 26.3 Å². The van der Waals surface area contributed by atoms with Gasteiger partial charge in [0.05, 0.1) is 37.5 Å². The average molecular weight is 610 g/mol. The van der Waals surface area contributed by atoms with E-state index in [2.05, 4.69) is 30.3 Å². The second-order valence-corrected chi connectivity index (χ2v) is 12.6. The van der Waals surface area contributed by atoms with Gasteiger partial charge in [0.15, 0.2) is 5.75 Å². The smallest absolute Gasteiger partial charge is 0.330 e. The van der Waals surface area contributed by atoms with Gasteiger partial charge in [-0.1, -0.05) is 45.0 Å². The molecule has 0 radical (unpaired) electrons. The van der Waals surface area contributed by atoms with E-state index in [1.54, 1.807) is 43.3 Å². The van der Waals surface area contributed by atoms with Gasteiger partial charge in [0.2, 0.25) is 16.0 Å². The Kier molecular flexibility index (Phi) is 8.80. The second-order valence-electron chi connectivity index (χ2n) is 10.9. The third-order valence-electron chi connectivity index (χ3n) is 6.20. The van der Waals surface area contributed by atoms with Crippen LogP contribution in [0.25, 0.3) is 10.8 Å². The average Bonchev–Trinajstić information content (AvgIpc) is 2.92. The summed E-state index contributed by atoms with van der Waals surface area (Å²) in [4.78, 5) is 27.7. The van der Waals surface area contributed by atoms with Crippen molar-refractivity contribution < 1.29 is 27.4 Å². The molecule has 228 valence electrons. The van der Waals surface area contributed by atoms with Gasteiger partial charge in [0.1, 0.15) is 5.75 Å². The maximum atomic E-state index is 13.3. The van der Waals surface area contributed by atoms with E-state index < -0.39 is 16.1 Å². The molecule has 4 rings (SSSR count). The lowest BCUT2D eigenvalue weighted by Crippen LogP contribution is -2.22. The number of methoxy groups -OCH3 is 2. The Labute approximate surface area is 250 Å². The molecule has 0 aliphatic heterocycles. The van der Waals surface area contributed by atoms with Crippen molar-refractivity contribution in [1.82, 2.24) is 15.0 Å². The number of carbonyl (C=O) groups excluding carboxylic acids is 1. The first kappa shape index (κ1) is 31.1. The minimum atomic E-state index is -3.62. The van der Waals surface area contributed by atoms with Crippen molar-refractivity contribution in [2.24, 2.45) is 0 Å². The fourth-order valence-corrected chi connectivity index (χ4v) is 4.71. The van der Waals surface area contributed by atoms with Crippen molar-refractivity contribution in [2.75, 3.05) is 54.8 Å². The highest BCUT2D eigenvalue weighted by atomic mass is 32.2. The monoisotopic (exact) mass is 609 g/mol. The fraction of sp³-hybridized carbons (Fsp3) is 0.310. The Balaban J connectivity index is 1.67. The Morgan fingerprint density at radius 1 is 0.837 bits per heavy atom. The summed E-state index contributed by atoms with van der Waals surface area (Å²) in [6.07, 6.45) is 1.05. The molecule has 0 aliphatic carbocycles. The largest absolute Gasteiger partial charge is 0.492 e. The Morgan fingerprint density at radius 2 is 1.47 bits per heavy atom. The normalized spacial score (nSPS) is 11.5. The zero-order chi connectivity index (χ0) is 31.5. The number of rotatable bonds is 9. The van der Waals surface area contributed by atoms with Crippen molar-refractivity contribution in [1.29, 1.82) is 0 Å². The molecule has 1 heterocycles. The van der Waals surface area contributed by atoms with E-state index in [9.17, 15) is 13.2 Å². The van der Waals surface area contributed by atoms with Crippen LogP contribution in [-0.4, -0.2) is 64.0 Å². The van der Waals surface area contributed by atoms with Crippen molar-refractivity contribution in [3.05, 3.63) is 54.1 Å². The molecule has 0 aliphatic rings. The predicted molar refractivity (Wildman–Crippen MR) is 168 cm³/mol. The molecule has 0 bridgehead atoms. The fourth-order valence-electron chi connectivity index (χ4n) is 4.16. The van der Waals surface area contributed by atoms with E-state index in [0.717, 1.165) is 11.8 Å². The number of nitrogens with zero attached hydrogens (tertiary/aromatic N) is 4. The third-order valence-corrected chi connectivity index (χ3v) is 6.79. The molecule has 4 aromatic rings. The maximum absolute atomic E-state index is 13.3. The summed E-state index contributed by atoms with van der Waals surface area (Å²) in [6.45, 7) is 5.94. The van der Waals surface area contributed by atoms with E-state index in [0.29, 0.717) is 33.8 Å². The molecule has 0 spiro atoms. The van der Waals surface area contributed by atoms with Crippen molar-refractivity contribution in [2.45, 2.75) is 26.2 Å². The van der Waals surface area contributed by atoms with Crippen molar-refractivity contribution in [3.8, 4) is 23.5 Å². The van der Waals surface area contributed by atoms with Crippen LogP contribution in [-0.2, 0) is 15.4 Å². The lowest BCUT2D eigenvalue weighted by atomic mass is 9.86. The van der Waals surface area contributed by atoms with Crippen LogP contribution in [0.3, 0.4) is 0 Å². The molecule has 0 atom stereocenters. The zero-order valence-corrected chi connectivity index (χ0v) is 26.1. The van der Waals surface area contributed by atoms with Crippen LogP contribution in [0.4, 0.5) is 27.8 Å². The number of hydrogen-bond donors (Lipinski definition) is 3. The molecule has 0 unspecified atom stereocenters. The zero-order valence-electron chi connectivity index (χ0n) is 25.3. The Bertz CT molecular complexity index is 1770. The van der Waals surface area contributed by atoms with Gasteiger partial charge in [-0.3, -0.25) is 4.72 Å². The third kappa shape index (κ3) is 7.52. The quantitative estimate of drug-likeness (QED) is 0.230. The number of carbonyl (C=O) groups is 1. The molecular formula is C29H35N7O6S. The molecule has 0 saturated heterocycles. The van der Waals surface area contributed by atoms with Gasteiger partial charge in [-0.25, -0.2) is 13.2 Å². The molecule has 2 amide bonds. The number of hydrogen-bond acceptors (Lipinski definition) is 10. The molecule has 14 heteroatoms. The van der Waals surface area contributed by atoms with E-state index in [1.807, 2.05) is 45.0 Å². The molecule has 3 aromatic carbocycles. The van der Waals surface area contributed by atoms with Crippen LogP contribution in [0, 0.1) is 0 Å². The standard InChI is InChI=1S/C29H35N7O6S/c1-29(2,3)17-15-21(24(40-6)22(16-17)35-43(8,38)39)31-26(37)30-20-13-14-23(19-12-10-9-11-18(19)20)42-28-33-25(36(4)5)32-27(34-28)41-7/h9-16,35H,1-8H3,(H2,30,31,37). The highest BCUT2D eigenvalue weighted by molar-refractivity contribution is 7.92. The highest BCUT2D eigenvalue weighted by Gasteiger charge is 2.22. The molecule has 43 heavy (non-hydrogen) atoms. The molecular weight excluding hydrogens is 574 g/mol. The summed E-state index contributed by atoms with van der Waals surface area (Å²) in [5, 5.41) is 7.07. The molecule has 13 nitrogen and oxygen atoms in total. The minimum absolute atomic E-state index is 0.0449. The number of urea groups is 1. The molecule has 0 fully saturated rings. The number of aromatic nitrogens is 3. The summed E-state index contributed by atoms with van der Waals surface area (Å²) < 4.78 is 43.3. The summed E-state index contributed by atoms with van der Waals surface area (Å²) in [7, 11) is 2.82. The number of nitrogens with one attached hydrogen (secondary N) is 3. The first-order valence-corrected chi connectivity index (χ1v) is 15.0. The van der Waals surface area contributed by atoms with Crippen molar-refractivity contribution >= 4 is 49.8 Å². The molecule has 1 aromatic heterocycles. The van der Waals surface area contributed by atoms with Crippen LogP contribution in [0.5, 0.6) is 23.5 Å². The van der Waals surface area contributed by atoms with E-state index in [1.165, 1.54) is 14.2 Å². The molecule has 0 saturated carbocycles. The SMILES string of the molecule is COc1nc(Oc2ccc(NC(=O)Nc3cc(C(C)(C)C)cc(NS(C)(=O)=O)c3OC)c3ccccc23)nc(N(C)C)n1. The number of anilines is 4. The van der Waals surface area contributed by atoms with Crippen LogP contribution in [0.2, 0.25) is 0 Å². The van der Waals surface area contributed by atoms with Crippen LogP contribution < -0.4 is 34.5 Å². The van der Waals surface area contributed by atoms with Crippen LogP contribution in [0.15, 0.2) is 48.5 Å². The number of amides is 2. The number of fused-ring (bicyclic) bond motifs is 1. The Morgan fingerprint density at radius 3 is 2.07 bits per heavy atom. The van der Waals surface area contributed by atoms with Gasteiger partial charge >= 0.3 is 18.1 Å². The van der Waals surface area contributed by atoms with E-state index in [4.69, 9.17) is 14.2 Å². The van der Waals surface area contributed by atoms with E-state index in [-0.39, 0.29) is 28.9 Å². The topological polar surface area (TPSA) is 157 Å². The summed E-state index contributed by atoms with van der Waals surface area (Å²) >= 11 is 0. The summed E-state index contributed by atoms with van der Waals surface area (Å²) in [6, 6.07) is 13.8. The van der Waals surface area contributed by atoms with Gasteiger partial charge in [0, 0.05) is 24.9 Å². The maximum Gasteiger partial charge on any atom is 0.330 e. The molecule has 3 N–H and O–H groups in total.